The Hall–Kier alpha value is -0.0400. The van der Waals surface area contributed by atoms with Crippen molar-refractivity contribution < 1.29 is 5.11 Å². The van der Waals surface area contributed by atoms with E-state index in [1.807, 2.05) is 0 Å². The molecule has 15 heavy (non-hydrogen) atoms. The maximum Gasteiger partial charge on any atom is 0.0680 e. The molecule has 1 heteroatoms. The van der Waals surface area contributed by atoms with Crippen molar-refractivity contribution in [1.29, 1.82) is 0 Å². The van der Waals surface area contributed by atoms with Gasteiger partial charge in [-0.3, -0.25) is 0 Å². The molecule has 88 valence electrons. The van der Waals surface area contributed by atoms with Crippen LogP contribution in [0.5, 0.6) is 0 Å². The third-order valence-electron chi connectivity index (χ3n) is 4.61. The zero-order valence-corrected chi connectivity index (χ0v) is 10.4. The Balaban J connectivity index is 2.04. The zero-order chi connectivity index (χ0) is 10.9. The second-order valence-electron chi connectivity index (χ2n) is 6.63. The van der Waals surface area contributed by atoms with Crippen LogP contribution >= 0.6 is 0 Å². The first-order valence-corrected chi connectivity index (χ1v) is 6.74. The van der Waals surface area contributed by atoms with E-state index in [9.17, 15) is 5.11 Å². The maximum atomic E-state index is 10.8. The molecular weight excluding hydrogens is 184 g/mol. The molecule has 0 amide bonds. The third-order valence-corrected chi connectivity index (χ3v) is 4.61. The molecule has 0 bridgehead atoms. The molecule has 0 spiro atoms. The van der Waals surface area contributed by atoms with Gasteiger partial charge in [-0.2, -0.15) is 0 Å². The molecule has 2 saturated carbocycles. The first-order valence-electron chi connectivity index (χ1n) is 6.74. The van der Waals surface area contributed by atoms with Gasteiger partial charge in [-0.25, -0.2) is 0 Å². The molecule has 2 aliphatic rings. The van der Waals surface area contributed by atoms with E-state index in [1.54, 1.807) is 0 Å². The van der Waals surface area contributed by atoms with Crippen LogP contribution in [0.4, 0.5) is 0 Å². The van der Waals surface area contributed by atoms with E-state index >= 15 is 0 Å². The average molecular weight is 210 g/mol. The molecule has 1 nitrogen and oxygen atoms in total. The number of hydrogen-bond acceptors (Lipinski definition) is 1. The van der Waals surface area contributed by atoms with Crippen molar-refractivity contribution in [1.82, 2.24) is 0 Å². The average Bonchev–Trinajstić information content (AvgIpc) is 2.17. The summed E-state index contributed by atoms with van der Waals surface area (Å²) in [4.78, 5) is 0. The maximum absolute atomic E-state index is 10.8. The first kappa shape index (κ1) is 11.4. The van der Waals surface area contributed by atoms with E-state index in [0.29, 0.717) is 11.3 Å². The lowest BCUT2D eigenvalue weighted by Crippen LogP contribution is -2.45. The zero-order valence-electron chi connectivity index (χ0n) is 10.4. The van der Waals surface area contributed by atoms with E-state index < -0.39 is 0 Å². The van der Waals surface area contributed by atoms with Crippen LogP contribution in [0.2, 0.25) is 0 Å². The molecule has 0 aromatic heterocycles. The van der Waals surface area contributed by atoms with Crippen LogP contribution in [-0.4, -0.2) is 10.7 Å². The van der Waals surface area contributed by atoms with Crippen LogP contribution in [0, 0.1) is 11.3 Å². The van der Waals surface area contributed by atoms with Gasteiger partial charge in [-0.05, 0) is 43.4 Å². The molecule has 2 rings (SSSR count). The Morgan fingerprint density at radius 2 is 1.60 bits per heavy atom. The van der Waals surface area contributed by atoms with E-state index in [1.165, 1.54) is 44.9 Å². The standard InChI is InChI=1S/C14H26O/c1-13(2)9-6-10-14(15,11-13)12-7-4-3-5-8-12/h12,15H,3-11H2,1-2H3. The predicted molar refractivity (Wildman–Crippen MR) is 63.8 cm³/mol. The van der Waals surface area contributed by atoms with Gasteiger partial charge < -0.3 is 5.11 Å². The summed E-state index contributed by atoms with van der Waals surface area (Å²) >= 11 is 0. The van der Waals surface area contributed by atoms with Crippen LogP contribution in [0.25, 0.3) is 0 Å². The Labute approximate surface area is 94.3 Å². The minimum Gasteiger partial charge on any atom is -0.390 e. The molecule has 2 fully saturated rings. The molecule has 1 N–H and O–H groups in total. The monoisotopic (exact) mass is 210 g/mol. The fourth-order valence-corrected chi connectivity index (χ4v) is 3.87. The quantitative estimate of drug-likeness (QED) is 0.696. The minimum absolute atomic E-state index is 0.317. The van der Waals surface area contributed by atoms with Gasteiger partial charge in [0.05, 0.1) is 5.60 Å². The van der Waals surface area contributed by atoms with Gasteiger partial charge in [-0.15, -0.1) is 0 Å². The van der Waals surface area contributed by atoms with Gasteiger partial charge >= 0.3 is 0 Å². The van der Waals surface area contributed by atoms with Crippen molar-refractivity contribution >= 4 is 0 Å². The van der Waals surface area contributed by atoms with Crippen molar-refractivity contribution in [3.05, 3.63) is 0 Å². The second-order valence-corrected chi connectivity index (χ2v) is 6.63. The summed E-state index contributed by atoms with van der Waals surface area (Å²) in [6.45, 7) is 4.64. The van der Waals surface area contributed by atoms with Crippen molar-refractivity contribution in [3.8, 4) is 0 Å². The number of aliphatic hydroxyl groups is 1. The normalized spacial score (nSPS) is 37.8. The highest BCUT2D eigenvalue weighted by molar-refractivity contribution is 4.95. The molecule has 1 atom stereocenters. The topological polar surface area (TPSA) is 20.2 Å². The van der Waals surface area contributed by atoms with Crippen molar-refractivity contribution in [2.45, 2.75) is 77.2 Å². The smallest absolute Gasteiger partial charge is 0.0680 e. The van der Waals surface area contributed by atoms with E-state index in [0.717, 1.165) is 12.8 Å². The summed E-state index contributed by atoms with van der Waals surface area (Å²) in [5.74, 6) is 0.603. The summed E-state index contributed by atoms with van der Waals surface area (Å²) < 4.78 is 0. The molecule has 0 aromatic rings. The molecule has 0 radical (unpaired) electrons. The van der Waals surface area contributed by atoms with Gasteiger partial charge in [0.15, 0.2) is 0 Å². The summed E-state index contributed by atoms with van der Waals surface area (Å²) in [5, 5.41) is 10.8. The van der Waals surface area contributed by atoms with E-state index in [4.69, 9.17) is 0 Å². The second kappa shape index (κ2) is 4.08. The summed E-state index contributed by atoms with van der Waals surface area (Å²) in [5.41, 5.74) is 0.0482. The molecule has 0 aliphatic heterocycles. The van der Waals surface area contributed by atoms with Crippen LogP contribution < -0.4 is 0 Å². The van der Waals surface area contributed by atoms with Crippen LogP contribution in [-0.2, 0) is 0 Å². The molecule has 2 aliphatic carbocycles. The summed E-state index contributed by atoms with van der Waals surface area (Å²) in [7, 11) is 0. The first-order chi connectivity index (χ1) is 7.02. The van der Waals surface area contributed by atoms with Crippen molar-refractivity contribution in [3.63, 3.8) is 0 Å². The van der Waals surface area contributed by atoms with Gasteiger partial charge in [0.1, 0.15) is 0 Å². The minimum atomic E-state index is -0.317. The lowest BCUT2D eigenvalue weighted by atomic mass is 9.63. The fraction of sp³-hybridized carbons (Fsp3) is 1.00. The van der Waals surface area contributed by atoms with E-state index in [-0.39, 0.29) is 5.60 Å². The number of rotatable bonds is 1. The summed E-state index contributed by atoms with van der Waals surface area (Å²) in [6.07, 6.45) is 11.2. The molecule has 1 unspecified atom stereocenters. The van der Waals surface area contributed by atoms with Gasteiger partial charge in [0, 0.05) is 0 Å². The predicted octanol–water partition coefficient (Wildman–Crippen LogP) is 3.90. The van der Waals surface area contributed by atoms with Crippen LogP contribution in [0.3, 0.4) is 0 Å². The highest BCUT2D eigenvalue weighted by Crippen LogP contribution is 2.47. The van der Waals surface area contributed by atoms with Gasteiger partial charge in [-0.1, -0.05) is 39.5 Å². The van der Waals surface area contributed by atoms with Crippen LogP contribution in [0.1, 0.15) is 71.6 Å². The van der Waals surface area contributed by atoms with Crippen LogP contribution in [0.15, 0.2) is 0 Å². The van der Waals surface area contributed by atoms with Gasteiger partial charge in [0.25, 0.3) is 0 Å². The lowest BCUT2D eigenvalue weighted by Gasteiger charge is -2.47. The Morgan fingerprint density at radius 1 is 0.933 bits per heavy atom. The third kappa shape index (κ3) is 2.55. The Bertz CT molecular complexity index is 215. The Morgan fingerprint density at radius 3 is 2.20 bits per heavy atom. The highest BCUT2D eigenvalue weighted by Gasteiger charge is 2.43. The molecule has 0 aromatic carbocycles. The SMILES string of the molecule is CC1(C)CCCC(O)(C2CCCCC2)C1. The molecule has 0 heterocycles. The summed E-state index contributed by atoms with van der Waals surface area (Å²) in [6, 6.07) is 0. The molecule has 0 saturated heterocycles. The fourth-order valence-electron chi connectivity index (χ4n) is 3.87. The highest BCUT2D eigenvalue weighted by atomic mass is 16.3. The van der Waals surface area contributed by atoms with Crippen molar-refractivity contribution in [2.24, 2.45) is 11.3 Å². The Kier molecular flexibility index (Phi) is 3.12. The van der Waals surface area contributed by atoms with Gasteiger partial charge in [0.2, 0.25) is 0 Å². The number of hydrogen-bond donors (Lipinski definition) is 1. The lowest BCUT2D eigenvalue weighted by molar-refractivity contribution is -0.0926. The largest absolute Gasteiger partial charge is 0.390 e. The van der Waals surface area contributed by atoms with Crippen molar-refractivity contribution in [2.75, 3.05) is 0 Å². The van der Waals surface area contributed by atoms with E-state index in [2.05, 4.69) is 13.8 Å². The molecular formula is C14H26O.